The number of allylic oxidation sites excluding steroid dienone is 1. The maximum absolute atomic E-state index is 11.9. The third kappa shape index (κ3) is 1.60. The van der Waals surface area contributed by atoms with Crippen molar-refractivity contribution in [2.24, 2.45) is 52.3 Å². The van der Waals surface area contributed by atoms with Crippen LogP contribution in [0.25, 0.3) is 0 Å². The van der Waals surface area contributed by atoms with Crippen LogP contribution in [0.4, 0.5) is 0 Å². The SMILES string of the molecule is CC1C2C[C@@]23[C@@H]2C(C)CC4=CC(=O)CC[C@@H]4[C@H]2CC[C@]3(C)C1CO. The van der Waals surface area contributed by atoms with E-state index in [-0.39, 0.29) is 0 Å². The third-order valence-corrected chi connectivity index (χ3v) is 9.67. The molecule has 4 fully saturated rings. The van der Waals surface area contributed by atoms with Gasteiger partial charge < -0.3 is 5.11 Å². The van der Waals surface area contributed by atoms with Gasteiger partial charge in [0.25, 0.3) is 0 Å². The second-order valence-corrected chi connectivity index (χ2v) is 10.2. The molecule has 0 saturated heterocycles. The van der Waals surface area contributed by atoms with Crippen molar-refractivity contribution in [3.8, 4) is 0 Å². The number of carbonyl (C=O) groups is 1. The van der Waals surface area contributed by atoms with E-state index in [1.807, 2.05) is 6.08 Å². The number of aliphatic hydroxyl groups is 1. The van der Waals surface area contributed by atoms with Crippen LogP contribution in [0, 0.1) is 52.3 Å². The molecule has 132 valence electrons. The molecule has 0 heterocycles. The van der Waals surface area contributed by atoms with Gasteiger partial charge >= 0.3 is 0 Å². The van der Waals surface area contributed by atoms with Gasteiger partial charge in [-0.2, -0.15) is 0 Å². The fraction of sp³-hybridized carbons (Fsp3) is 0.864. The number of carbonyl (C=O) groups excluding carboxylic acids is 1. The fourth-order valence-electron chi connectivity index (χ4n) is 8.85. The number of aliphatic hydroxyl groups excluding tert-OH is 1. The van der Waals surface area contributed by atoms with Crippen molar-refractivity contribution >= 4 is 5.78 Å². The predicted octanol–water partition coefficient (Wildman–Crippen LogP) is 4.23. The van der Waals surface area contributed by atoms with Gasteiger partial charge in [0.2, 0.25) is 0 Å². The highest BCUT2D eigenvalue weighted by Crippen LogP contribution is 2.84. The summed E-state index contributed by atoms with van der Waals surface area (Å²) < 4.78 is 0. The lowest BCUT2D eigenvalue weighted by Crippen LogP contribution is -2.52. The minimum atomic E-state index is 0.354. The van der Waals surface area contributed by atoms with E-state index < -0.39 is 0 Å². The summed E-state index contributed by atoms with van der Waals surface area (Å²) in [4.78, 5) is 11.9. The minimum absolute atomic E-state index is 0.354. The van der Waals surface area contributed by atoms with Crippen LogP contribution in [-0.2, 0) is 4.79 Å². The van der Waals surface area contributed by atoms with Gasteiger partial charge in [-0.25, -0.2) is 0 Å². The Kier molecular flexibility index (Phi) is 3.09. The summed E-state index contributed by atoms with van der Waals surface area (Å²) in [5.74, 6) is 5.44. The Labute approximate surface area is 146 Å². The zero-order valence-corrected chi connectivity index (χ0v) is 15.4. The lowest BCUT2D eigenvalue weighted by atomic mass is 9.46. The average molecular weight is 328 g/mol. The van der Waals surface area contributed by atoms with Crippen molar-refractivity contribution in [1.29, 1.82) is 0 Å². The molecule has 5 rings (SSSR count). The zero-order chi connectivity index (χ0) is 16.9. The van der Waals surface area contributed by atoms with Gasteiger partial charge in [-0.3, -0.25) is 4.79 Å². The van der Waals surface area contributed by atoms with E-state index in [0.29, 0.717) is 46.9 Å². The standard InChI is InChI=1S/C22H32O2/c1-12-8-14-9-15(24)4-5-16(14)17-6-7-21(3)19(11-23)13(2)18-10-22(18,21)20(12)17/h9,12-13,16-20,23H,4-8,10-11H2,1-3H3/t12?,13?,16-,17+,18?,19?,20+,21+,22-/m0/s1. The zero-order valence-electron chi connectivity index (χ0n) is 15.4. The summed E-state index contributed by atoms with van der Waals surface area (Å²) in [5, 5.41) is 10.1. The van der Waals surface area contributed by atoms with Gasteiger partial charge in [0, 0.05) is 13.0 Å². The van der Waals surface area contributed by atoms with Crippen LogP contribution in [0.5, 0.6) is 0 Å². The van der Waals surface area contributed by atoms with Gasteiger partial charge in [-0.1, -0.05) is 26.3 Å². The molecule has 1 spiro atoms. The van der Waals surface area contributed by atoms with Gasteiger partial charge in [0.15, 0.2) is 5.78 Å². The van der Waals surface area contributed by atoms with E-state index in [4.69, 9.17) is 0 Å². The number of fused-ring (bicyclic) bond motifs is 3. The summed E-state index contributed by atoms with van der Waals surface area (Å²) in [6.45, 7) is 7.78. The first-order valence-electron chi connectivity index (χ1n) is 10.3. The molecule has 0 aromatic carbocycles. The molecule has 24 heavy (non-hydrogen) atoms. The molecule has 9 atom stereocenters. The Balaban J connectivity index is 1.56. The molecule has 0 radical (unpaired) electrons. The normalized spacial score (nSPS) is 58.2. The van der Waals surface area contributed by atoms with Gasteiger partial charge in [0.05, 0.1) is 0 Å². The minimum Gasteiger partial charge on any atom is -0.396 e. The number of hydrogen-bond donors (Lipinski definition) is 1. The molecule has 5 aliphatic rings. The van der Waals surface area contributed by atoms with E-state index >= 15 is 0 Å². The number of rotatable bonds is 1. The lowest BCUT2D eigenvalue weighted by Gasteiger charge is -2.58. The monoisotopic (exact) mass is 328 g/mol. The van der Waals surface area contributed by atoms with Crippen molar-refractivity contribution in [3.05, 3.63) is 11.6 Å². The van der Waals surface area contributed by atoms with Gasteiger partial charge in [-0.05, 0) is 90.4 Å². The van der Waals surface area contributed by atoms with Crippen molar-refractivity contribution in [2.75, 3.05) is 6.61 Å². The van der Waals surface area contributed by atoms with Crippen LogP contribution < -0.4 is 0 Å². The van der Waals surface area contributed by atoms with Gasteiger partial charge in [-0.15, -0.1) is 0 Å². The van der Waals surface area contributed by atoms with E-state index in [1.54, 1.807) is 0 Å². The molecule has 0 amide bonds. The summed E-state index contributed by atoms with van der Waals surface area (Å²) in [6.07, 6.45) is 9.08. The molecular weight excluding hydrogens is 296 g/mol. The molecule has 1 N–H and O–H groups in total. The molecule has 5 aliphatic carbocycles. The van der Waals surface area contributed by atoms with E-state index in [0.717, 1.165) is 37.0 Å². The number of hydrogen-bond acceptors (Lipinski definition) is 2. The maximum atomic E-state index is 11.9. The Hall–Kier alpha value is -0.630. The van der Waals surface area contributed by atoms with Crippen molar-refractivity contribution < 1.29 is 9.90 Å². The van der Waals surface area contributed by atoms with Crippen LogP contribution in [0.15, 0.2) is 11.6 Å². The molecule has 2 heteroatoms. The first-order valence-corrected chi connectivity index (χ1v) is 10.3. The molecule has 0 aliphatic heterocycles. The maximum Gasteiger partial charge on any atom is 0.155 e. The first-order chi connectivity index (χ1) is 11.4. The quantitative estimate of drug-likeness (QED) is 0.782. The van der Waals surface area contributed by atoms with Crippen LogP contribution in [0.3, 0.4) is 0 Å². The molecule has 2 nitrogen and oxygen atoms in total. The molecule has 4 saturated carbocycles. The van der Waals surface area contributed by atoms with E-state index in [1.165, 1.54) is 24.8 Å². The predicted molar refractivity (Wildman–Crippen MR) is 94.2 cm³/mol. The second-order valence-electron chi connectivity index (χ2n) is 10.2. The Bertz CT molecular complexity index is 621. The first kappa shape index (κ1) is 15.6. The van der Waals surface area contributed by atoms with Crippen LogP contribution >= 0.6 is 0 Å². The summed E-state index contributed by atoms with van der Waals surface area (Å²) in [5.41, 5.74) is 2.35. The van der Waals surface area contributed by atoms with E-state index in [9.17, 15) is 9.90 Å². The third-order valence-electron chi connectivity index (χ3n) is 9.67. The highest BCUT2D eigenvalue weighted by Gasteiger charge is 2.79. The topological polar surface area (TPSA) is 37.3 Å². The average Bonchev–Trinajstić information content (AvgIpc) is 3.23. The Morgan fingerprint density at radius 2 is 2.08 bits per heavy atom. The summed E-state index contributed by atoms with van der Waals surface area (Å²) in [6, 6.07) is 0. The summed E-state index contributed by atoms with van der Waals surface area (Å²) in [7, 11) is 0. The van der Waals surface area contributed by atoms with Crippen molar-refractivity contribution in [2.45, 2.75) is 59.3 Å². The Morgan fingerprint density at radius 3 is 2.83 bits per heavy atom. The van der Waals surface area contributed by atoms with Crippen molar-refractivity contribution in [3.63, 3.8) is 0 Å². The van der Waals surface area contributed by atoms with E-state index in [2.05, 4.69) is 20.8 Å². The molecule has 0 bridgehead atoms. The molecular formula is C22H32O2. The highest BCUT2D eigenvalue weighted by molar-refractivity contribution is 5.91. The summed E-state index contributed by atoms with van der Waals surface area (Å²) >= 11 is 0. The largest absolute Gasteiger partial charge is 0.396 e. The Morgan fingerprint density at radius 1 is 1.29 bits per heavy atom. The van der Waals surface area contributed by atoms with Crippen molar-refractivity contribution in [1.82, 2.24) is 0 Å². The van der Waals surface area contributed by atoms with Crippen LogP contribution in [0.1, 0.15) is 59.3 Å². The second kappa shape index (κ2) is 4.75. The smallest absolute Gasteiger partial charge is 0.155 e. The van der Waals surface area contributed by atoms with Crippen LogP contribution in [-0.4, -0.2) is 17.5 Å². The molecule has 0 aromatic rings. The lowest BCUT2D eigenvalue weighted by molar-refractivity contribution is -0.117. The molecule has 0 aromatic heterocycles. The van der Waals surface area contributed by atoms with Crippen LogP contribution in [0.2, 0.25) is 0 Å². The highest BCUT2D eigenvalue weighted by atomic mass is 16.3. The molecule has 4 unspecified atom stereocenters. The fourth-order valence-corrected chi connectivity index (χ4v) is 8.85. The number of ketones is 1. The van der Waals surface area contributed by atoms with Gasteiger partial charge in [0.1, 0.15) is 0 Å².